The normalized spacial score (nSPS) is 12.7. The van der Waals surface area contributed by atoms with Gasteiger partial charge in [-0.25, -0.2) is 4.98 Å². The van der Waals surface area contributed by atoms with Crippen molar-refractivity contribution in [3.8, 4) is 0 Å². The number of amides is 1. The van der Waals surface area contributed by atoms with E-state index in [0.717, 1.165) is 12.1 Å². The lowest BCUT2D eigenvalue weighted by molar-refractivity contribution is -0.137. The van der Waals surface area contributed by atoms with Gasteiger partial charge >= 0.3 is 6.18 Å². The van der Waals surface area contributed by atoms with Gasteiger partial charge in [-0.1, -0.05) is 6.08 Å². The highest BCUT2D eigenvalue weighted by Crippen LogP contribution is 2.29. The van der Waals surface area contributed by atoms with Crippen molar-refractivity contribution >= 4 is 11.7 Å². The van der Waals surface area contributed by atoms with E-state index in [1.165, 1.54) is 12.0 Å². The van der Waals surface area contributed by atoms with Crippen molar-refractivity contribution in [1.29, 1.82) is 0 Å². The molecule has 0 aliphatic heterocycles. The Balaban J connectivity index is 2.91. The van der Waals surface area contributed by atoms with Crippen LogP contribution in [0.1, 0.15) is 18.9 Å². The van der Waals surface area contributed by atoms with Crippen molar-refractivity contribution in [2.45, 2.75) is 25.6 Å². The first-order valence-electron chi connectivity index (χ1n) is 7.37. The molecule has 5 nitrogen and oxygen atoms in total. The fourth-order valence-electron chi connectivity index (χ4n) is 1.85. The van der Waals surface area contributed by atoms with E-state index in [4.69, 9.17) is 9.47 Å². The van der Waals surface area contributed by atoms with Crippen LogP contribution in [-0.4, -0.2) is 43.9 Å². The molecule has 0 saturated carbocycles. The minimum Gasteiger partial charge on any atom is -0.383 e. The maximum absolute atomic E-state index is 12.6. The number of aromatic nitrogens is 1. The smallest absolute Gasteiger partial charge is 0.383 e. The summed E-state index contributed by atoms with van der Waals surface area (Å²) in [4.78, 5) is 17.5. The maximum atomic E-state index is 12.6. The summed E-state index contributed by atoms with van der Waals surface area (Å²) in [5.41, 5.74) is -0.874. The Kier molecular flexibility index (Phi) is 7.87. The molecular weight excluding hydrogens is 325 g/mol. The number of rotatable bonds is 9. The molecule has 1 unspecified atom stereocenters. The van der Waals surface area contributed by atoms with Crippen molar-refractivity contribution in [2.24, 2.45) is 0 Å². The quantitative estimate of drug-likeness (QED) is 0.509. The van der Waals surface area contributed by atoms with Crippen LogP contribution in [-0.2, 0) is 20.4 Å². The zero-order valence-electron chi connectivity index (χ0n) is 13.7. The van der Waals surface area contributed by atoms with Gasteiger partial charge in [0, 0.05) is 13.3 Å². The maximum Gasteiger partial charge on any atom is 0.417 e. The molecule has 0 saturated heterocycles. The number of carbonyl (C=O) groups excluding carboxylic acids is 1. The van der Waals surface area contributed by atoms with Crippen LogP contribution in [0.4, 0.5) is 19.0 Å². The highest BCUT2D eigenvalue weighted by molar-refractivity contribution is 5.95. The summed E-state index contributed by atoms with van der Waals surface area (Å²) in [6.07, 6.45) is -2.28. The highest BCUT2D eigenvalue weighted by Gasteiger charge is 2.31. The standard InChI is InChI=1S/C16H21F3N2O3/c1-4-5-9-24-12(2)15(22)21(8-10-23-3)14-7-6-13(11-20-14)16(17,18)19/h4,6-7,11-12H,1,5,8-10H2,2-3H3. The number of alkyl halides is 3. The van der Waals surface area contributed by atoms with E-state index in [-0.39, 0.29) is 19.0 Å². The zero-order valence-corrected chi connectivity index (χ0v) is 13.7. The molecule has 134 valence electrons. The Bertz CT molecular complexity index is 532. The molecule has 24 heavy (non-hydrogen) atoms. The van der Waals surface area contributed by atoms with Crippen molar-refractivity contribution < 1.29 is 27.4 Å². The van der Waals surface area contributed by atoms with Gasteiger partial charge in [0.05, 0.1) is 25.3 Å². The number of hydrogen-bond acceptors (Lipinski definition) is 4. The molecule has 1 amide bonds. The van der Waals surface area contributed by atoms with E-state index < -0.39 is 23.8 Å². The van der Waals surface area contributed by atoms with E-state index in [0.29, 0.717) is 19.2 Å². The number of pyridine rings is 1. The average molecular weight is 346 g/mol. The fraction of sp³-hybridized carbons (Fsp3) is 0.500. The van der Waals surface area contributed by atoms with Gasteiger partial charge in [0.15, 0.2) is 0 Å². The first kappa shape index (κ1) is 20.1. The van der Waals surface area contributed by atoms with Gasteiger partial charge in [-0.2, -0.15) is 13.2 Å². The molecular formula is C16H21F3N2O3. The summed E-state index contributed by atoms with van der Waals surface area (Å²) in [7, 11) is 1.47. The lowest BCUT2D eigenvalue weighted by Gasteiger charge is -2.25. The Labute approximate surface area is 139 Å². The monoisotopic (exact) mass is 346 g/mol. The third-order valence-electron chi connectivity index (χ3n) is 3.17. The largest absolute Gasteiger partial charge is 0.417 e. The molecule has 8 heteroatoms. The number of halogens is 3. The molecule has 0 radical (unpaired) electrons. The minimum absolute atomic E-state index is 0.115. The number of carbonyl (C=O) groups is 1. The van der Waals surface area contributed by atoms with Gasteiger partial charge in [0.1, 0.15) is 11.9 Å². The predicted molar refractivity (Wildman–Crippen MR) is 83.7 cm³/mol. The summed E-state index contributed by atoms with van der Waals surface area (Å²) in [5.74, 6) is -0.285. The van der Waals surface area contributed by atoms with Gasteiger partial charge in [-0.15, -0.1) is 6.58 Å². The van der Waals surface area contributed by atoms with Crippen LogP contribution < -0.4 is 4.90 Å². The van der Waals surface area contributed by atoms with E-state index in [2.05, 4.69) is 11.6 Å². The second-order valence-corrected chi connectivity index (χ2v) is 4.98. The second kappa shape index (κ2) is 9.39. The van der Waals surface area contributed by atoms with Gasteiger partial charge in [-0.3, -0.25) is 9.69 Å². The molecule has 0 N–H and O–H groups in total. The molecule has 1 heterocycles. The second-order valence-electron chi connectivity index (χ2n) is 4.98. The molecule has 0 aliphatic carbocycles. The van der Waals surface area contributed by atoms with Crippen LogP contribution in [0, 0.1) is 0 Å². The number of nitrogens with zero attached hydrogens (tertiary/aromatic N) is 2. The molecule has 0 spiro atoms. The summed E-state index contributed by atoms with van der Waals surface area (Å²) in [5, 5.41) is 0. The Morgan fingerprint density at radius 1 is 1.42 bits per heavy atom. The Morgan fingerprint density at radius 2 is 2.12 bits per heavy atom. The molecule has 1 aromatic heterocycles. The third-order valence-corrected chi connectivity index (χ3v) is 3.17. The fourth-order valence-corrected chi connectivity index (χ4v) is 1.85. The van der Waals surface area contributed by atoms with Crippen molar-refractivity contribution in [3.63, 3.8) is 0 Å². The van der Waals surface area contributed by atoms with Gasteiger partial charge in [0.25, 0.3) is 5.91 Å². The Morgan fingerprint density at radius 3 is 2.62 bits per heavy atom. The van der Waals surface area contributed by atoms with Gasteiger partial charge in [-0.05, 0) is 25.5 Å². The SMILES string of the molecule is C=CCCOC(C)C(=O)N(CCOC)c1ccc(C(F)(F)F)cn1. The number of hydrogen-bond donors (Lipinski definition) is 0. The average Bonchev–Trinajstić information content (AvgIpc) is 2.54. The molecule has 0 aromatic carbocycles. The molecule has 0 fully saturated rings. The number of ether oxygens (including phenoxy) is 2. The van der Waals surface area contributed by atoms with Gasteiger partial charge in [0.2, 0.25) is 0 Å². The lowest BCUT2D eigenvalue weighted by Crippen LogP contribution is -2.41. The Hall–Kier alpha value is -1.93. The van der Waals surface area contributed by atoms with Crippen molar-refractivity contribution in [1.82, 2.24) is 4.98 Å². The summed E-state index contributed by atoms with van der Waals surface area (Å²) >= 11 is 0. The topological polar surface area (TPSA) is 51.7 Å². The first-order chi connectivity index (χ1) is 11.3. The van der Waals surface area contributed by atoms with Crippen molar-refractivity contribution in [2.75, 3.05) is 31.8 Å². The molecule has 0 aliphatic rings. The van der Waals surface area contributed by atoms with Crippen molar-refractivity contribution in [3.05, 3.63) is 36.5 Å². The third kappa shape index (κ3) is 5.93. The zero-order chi connectivity index (χ0) is 18.2. The molecule has 1 aromatic rings. The van der Waals surface area contributed by atoms with Crippen LogP contribution in [0.25, 0.3) is 0 Å². The van der Waals surface area contributed by atoms with Crippen LogP contribution in [0.15, 0.2) is 31.0 Å². The van der Waals surface area contributed by atoms with Crippen LogP contribution in [0.3, 0.4) is 0 Å². The highest BCUT2D eigenvalue weighted by atomic mass is 19.4. The summed E-state index contributed by atoms with van der Waals surface area (Å²) < 4.78 is 48.2. The predicted octanol–water partition coefficient (Wildman–Crippen LogP) is 3.06. The lowest BCUT2D eigenvalue weighted by atomic mass is 10.2. The first-order valence-corrected chi connectivity index (χ1v) is 7.37. The van der Waals surface area contributed by atoms with Crippen LogP contribution in [0.2, 0.25) is 0 Å². The van der Waals surface area contributed by atoms with E-state index in [9.17, 15) is 18.0 Å². The molecule has 1 rings (SSSR count). The number of methoxy groups -OCH3 is 1. The van der Waals surface area contributed by atoms with Crippen LogP contribution in [0.5, 0.6) is 0 Å². The van der Waals surface area contributed by atoms with Gasteiger partial charge < -0.3 is 9.47 Å². The van der Waals surface area contributed by atoms with Crippen LogP contribution >= 0.6 is 0 Å². The minimum atomic E-state index is -4.48. The van der Waals surface area contributed by atoms with E-state index in [1.807, 2.05) is 0 Å². The molecule has 0 bridgehead atoms. The van der Waals surface area contributed by atoms with E-state index in [1.54, 1.807) is 13.0 Å². The summed E-state index contributed by atoms with van der Waals surface area (Å²) in [6.45, 7) is 5.84. The van der Waals surface area contributed by atoms with E-state index >= 15 is 0 Å². The number of anilines is 1. The summed E-state index contributed by atoms with van der Waals surface area (Å²) in [6, 6.07) is 2.05. The molecule has 1 atom stereocenters.